The van der Waals surface area contributed by atoms with Gasteiger partial charge in [0.05, 0.1) is 19.3 Å². The van der Waals surface area contributed by atoms with Crippen LogP contribution in [0.4, 0.5) is 0 Å². The number of ether oxygens (including phenoxy) is 1. The molecular weight excluding hydrogens is 290 g/mol. The van der Waals surface area contributed by atoms with Gasteiger partial charge in [0.25, 0.3) is 5.56 Å². The molecule has 0 saturated carbocycles. The van der Waals surface area contributed by atoms with Gasteiger partial charge in [-0.2, -0.15) is 0 Å². The Hall–Kier alpha value is -1.92. The highest BCUT2D eigenvalue weighted by molar-refractivity contribution is 5.30. The summed E-state index contributed by atoms with van der Waals surface area (Å²) in [7, 11) is 3.70. The molecule has 0 aromatic carbocycles. The molecule has 0 radical (unpaired) electrons. The first-order chi connectivity index (χ1) is 10.4. The average molecular weight is 309 g/mol. The summed E-state index contributed by atoms with van der Waals surface area (Å²) in [6, 6.07) is 0. The number of H-pyrrole nitrogens is 1. The molecule has 8 nitrogen and oxygen atoms in total. The molecule has 1 aromatic rings. The predicted molar refractivity (Wildman–Crippen MR) is 78.4 cm³/mol. The predicted octanol–water partition coefficient (Wildman–Crippen LogP) is -1.91. The minimum Gasteiger partial charge on any atom is -0.394 e. The molecule has 1 saturated heterocycles. The van der Waals surface area contributed by atoms with Gasteiger partial charge >= 0.3 is 5.69 Å². The van der Waals surface area contributed by atoms with E-state index in [4.69, 9.17) is 9.84 Å². The number of nitrogens with zero attached hydrogens (tertiary/aromatic N) is 2. The molecule has 1 aliphatic rings. The molecule has 2 rings (SSSR count). The van der Waals surface area contributed by atoms with Crippen LogP contribution < -0.4 is 11.2 Å². The Labute approximate surface area is 127 Å². The molecule has 0 unspecified atom stereocenters. The lowest BCUT2D eigenvalue weighted by atomic mass is 10.2. The number of aromatic amines is 1. The number of hydrogen-bond donors (Lipinski definition) is 3. The lowest BCUT2D eigenvalue weighted by Gasteiger charge is -2.14. The molecule has 2 heterocycles. The van der Waals surface area contributed by atoms with Gasteiger partial charge in [-0.1, -0.05) is 11.8 Å². The maximum atomic E-state index is 11.9. The highest BCUT2D eigenvalue weighted by Crippen LogP contribution is 2.27. The maximum absolute atomic E-state index is 11.9. The zero-order chi connectivity index (χ0) is 16.3. The van der Waals surface area contributed by atoms with Crippen LogP contribution >= 0.6 is 0 Å². The normalized spacial score (nSPS) is 24.3. The SMILES string of the molecule is CN(C)CC#Cc1cn([C@H]2C[C@H](O)[C@@H](CO)O2)c(=O)[nH]c1=O. The molecule has 0 spiro atoms. The van der Waals surface area contributed by atoms with Crippen molar-refractivity contribution in [2.45, 2.75) is 24.9 Å². The molecule has 3 atom stereocenters. The first-order valence-electron chi connectivity index (χ1n) is 6.86. The van der Waals surface area contributed by atoms with Crippen LogP contribution in [0.3, 0.4) is 0 Å². The number of aliphatic hydroxyl groups is 2. The van der Waals surface area contributed by atoms with E-state index in [0.29, 0.717) is 6.54 Å². The molecule has 8 heteroatoms. The third-order valence-electron chi connectivity index (χ3n) is 3.28. The topological polar surface area (TPSA) is 108 Å². The number of aliphatic hydroxyl groups excluding tert-OH is 2. The number of hydrogen-bond acceptors (Lipinski definition) is 6. The molecule has 1 aliphatic heterocycles. The zero-order valence-corrected chi connectivity index (χ0v) is 12.4. The van der Waals surface area contributed by atoms with Gasteiger partial charge in [0.1, 0.15) is 17.9 Å². The summed E-state index contributed by atoms with van der Waals surface area (Å²) < 4.78 is 6.59. The summed E-state index contributed by atoms with van der Waals surface area (Å²) in [5, 5.41) is 18.8. The molecule has 120 valence electrons. The van der Waals surface area contributed by atoms with Crippen molar-refractivity contribution >= 4 is 0 Å². The first kappa shape index (κ1) is 16.5. The average Bonchev–Trinajstić information content (AvgIpc) is 2.81. The Kier molecular flexibility index (Phi) is 5.15. The molecule has 1 aromatic heterocycles. The van der Waals surface area contributed by atoms with Crippen molar-refractivity contribution in [2.24, 2.45) is 0 Å². The Balaban J connectivity index is 2.31. The summed E-state index contributed by atoms with van der Waals surface area (Å²) >= 11 is 0. The standard InChI is InChI=1S/C14H19N3O5/c1-16(2)5-3-4-9-7-17(14(21)15-13(9)20)12-6-10(19)11(8-18)22-12/h7,10-12,18-19H,5-6,8H2,1-2H3,(H,15,20,21)/t10-,11+,12+/m0/s1. The van der Waals surface area contributed by atoms with Crippen LogP contribution in [0.15, 0.2) is 15.8 Å². The summed E-state index contributed by atoms with van der Waals surface area (Å²) in [6.45, 7) is 0.134. The van der Waals surface area contributed by atoms with E-state index in [1.165, 1.54) is 10.8 Å². The van der Waals surface area contributed by atoms with E-state index in [9.17, 15) is 14.7 Å². The van der Waals surface area contributed by atoms with Crippen molar-refractivity contribution in [1.82, 2.24) is 14.5 Å². The van der Waals surface area contributed by atoms with E-state index < -0.39 is 29.7 Å². The highest BCUT2D eigenvalue weighted by atomic mass is 16.5. The van der Waals surface area contributed by atoms with Gasteiger partial charge in [0.2, 0.25) is 0 Å². The lowest BCUT2D eigenvalue weighted by molar-refractivity contribution is -0.0459. The van der Waals surface area contributed by atoms with Gasteiger partial charge in [-0.3, -0.25) is 19.2 Å². The van der Waals surface area contributed by atoms with E-state index in [2.05, 4.69) is 16.8 Å². The van der Waals surface area contributed by atoms with Crippen LogP contribution in [0.5, 0.6) is 0 Å². The fraction of sp³-hybridized carbons (Fsp3) is 0.571. The van der Waals surface area contributed by atoms with E-state index in [0.717, 1.165) is 0 Å². The van der Waals surface area contributed by atoms with E-state index in [-0.39, 0.29) is 18.6 Å². The Morgan fingerprint density at radius 3 is 2.82 bits per heavy atom. The van der Waals surface area contributed by atoms with E-state index in [1.807, 2.05) is 19.0 Å². The quantitative estimate of drug-likeness (QED) is 0.562. The Bertz CT molecular complexity index is 697. The van der Waals surface area contributed by atoms with Crippen molar-refractivity contribution in [3.63, 3.8) is 0 Å². The maximum Gasteiger partial charge on any atom is 0.330 e. The largest absolute Gasteiger partial charge is 0.394 e. The molecule has 22 heavy (non-hydrogen) atoms. The second-order valence-corrected chi connectivity index (χ2v) is 5.36. The van der Waals surface area contributed by atoms with Crippen molar-refractivity contribution in [3.05, 3.63) is 32.6 Å². The zero-order valence-electron chi connectivity index (χ0n) is 12.4. The van der Waals surface area contributed by atoms with Crippen molar-refractivity contribution < 1.29 is 14.9 Å². The highest BCUT2D eigenvalue weighted by Gasteiger charge is 2.35. The molecule has 0 bridgehead atoms. The van der Waals surface area contributed by atoms with Crippen LogP contribution in [-0.4, -0.2) is 64.1 Å². The molecule has 0 amide bonds. The Morgan fingerprint density at radius 1 is 1.50 bits per heavy atom. The monoisotopic (exact) mass is 309 g/mol. The second-order valence-electron chi connectivity index (χ2n) is 5.36. The third kappa shape index (κ3) is 3.64. The minimum absolute atomic E-state index is 0.145. The Morgan fingerprint density at radius 2 is 2.23 bits per heavy atom. The van der Waals surface area contributed by atoms with Gasteiger partial charge in [0.15, 0.2) is 0 Å². The van der Waals surface area contributed by atoms with Crippen LogP contribution in [0.2, 0.25) is 0 Å². The summed E-state index contributed by atoms with van der Waals surface area (Å²) in [5.74, 6) is 5.53. The fourth-order valence-corrected chi connectivity index (χ4v) is 2.13. The summed E-state index contributed by atoms with van der Waals surface area (Å²) in [5.41, 5.74) is -1.06. The molecule has 1 fully saturated rings. The van der Waals surface area contributed by atoms with Crippen LogP contribution in [-0.2, 0) is 4.74 Å². The number of nitrogens with one attached hydrogen (secondary N) is 1. The molecular formula is C14H19N3O5. The molecule has 0 aliphatic carbocycles. The van der Waals surface area contributed by atoms with Crippen LogP contribution in [0.25, 0.3) is 0 Å². The fourth-order valence-electron chi connectivity index (χ4n) is 2.13. The van der Waals surface area contributed by atoms with Gasteiger partial charge in [0, 0.05) is 12.6 Å². The smallest absolute Gasteiger partial charge is 0.330 e. The first-order valence-corrected chi connectivity index (χ1v) is 6.86. The summed E-state index contributed by atoms with van der Waals surface area (Å²) in [4.78, 5) is 27.7. The van der Waals surface area contributed by atoms with Gasteiger partial charge < -0.3 is 14.9 Å². The number of rotatable bonds is 3. The summed E-state index contributed by atoms with van der Waals surface area (Å²) in [6.07, 6.45) is -0.877. The molecule has 3 N–H and O–H groups in total. The van der Waals surface area contributed by atoms with Gasteiger partial charge in [-0.25, -0.2) is 4.79 Å². The van der Waals surface area contributed by atoms with E-state index in [1.54, 1.807) is 0 Å². The van der Waals surface area contributed by atoms with Crippen LogP contribution in [0.1, 0.15) is 18.2 Å². The van der Waals surface area contributed by atoms with E-state index >= 15 is 0 Å². The lowest BCUT2D eigenvalue weighted by Crippen LogP contribution is -2.33. The number of aromatic nitrogens is 2. The second kappa shape index (κ2) is 6.89. The van der Waals surface area contributed by atoms with Crippen molar-refractivity contribution in [3.8, 4) is 11.8 Å². The van der Waals surface area contributed by atoms with Crippen molar-refractivity contribution in [1.29, 1.82) is 0 Å². The van der Waals surface area contributed by atoms with Gasteiger partial charge in [-0.15, -0.1) is 0 Å². The third-order valence-corrected chi connectivity index (χ3v) is 3.28. The van der Waals surface area contributed by atoms with Gasteiger partial charge in [-0.05, 0) is 14.1 Å². The van der Waals surface area contributed by atoms with Crippen molar-refractivity contribution in [2.75, 3.05) is 27.2 Å². The minimum atomic E-state index is -0.864. The van der Waals surface area contributed by atoms with Crippen LogP contribution in [0, 0.1) is 11.8 Å².